The molecule has 2 heterocycles. The zero-order valence-electron chi connectivity index (χ0n) is 11.9. The molecule has 2 rings (SSSR count). The van der Waals surface area contributed by atoms with Crippen LogP contribution in [0, 0.1) is 13.8 Å². The standard InChI is InChI=1S/C12H16F3N5S/c1-7(16-4-10-5-21-19-17-10)11-8(2)18-20(9(11)3)6-12(13,14)15/h5,7,16H,4,6H2,1-3H3/t7-/m1/s1. The summed E-state index contributed by atoms with van der Waals surface area (Å²) in [4.78, 5) is 0. The third-order valence-corrected chi connectivity index (χ3v) is 3.75. The molecule has 0 saturated heterocycles. The van der Waals surface area contributed by atoms with E-state index in [0.717, 1.165) is 15.9 Å². The lowest BCUT2D eigenvalue weighted by Crippen LogP contribution is -2.21. The molecule has 1 atom stereocenters. The van der Waals surface area contributed by atoms with Crippen LogP contribution >= 0.6 is 11.5 Å². The van der Waals surface area contributed by atoms with E-state index in [1.54, 1.807) is 13.8 Å². The maximum atomic E-state index is 12.5. The molecule has 0 saturated carbocycles. The highest BCUT2D eigenvalue weighted by Crippen LogP contribution is 2.25. The zero-order chi connectivity index (χ0) is 15.6. The fraction of sp³-hybridized carbons (Fsp3) is 0.583. The number of rotatable bonds is 5. The Hall–Kier alpha value is -1.48. The minimum absolute atomic E-state index is 0.117. The number of hydrogen-bond acceptors (Lipinski definition) is 5. The summed E-state index contributed by atoms with van der Waals surface area (Å²) in [7, 11) is 0. The van der Waals surface area contributed by atoms with Crippen molar-refractivity contribution < 1.29 is 13.2 Å². The van der Waals surface area contributed by atoms with E-state index in [1.165, 1.54) is 11.5 Å². The van der Waals surface area contributed by atoms with Gasteiger partial charge in [-0.25, -0.2) is 0 Å². The summed E-state index contributed by atoms with van der Waals surface area (Å²) in [6.07, 6.45) is -4.27. The van der Waals surface area contributed by atoms with Gasteiger partial charge >= 0.3 is 6.18 Å². The molecule has 2 aromatic heterocycles. The Balaban J connectivity index is 2.11. The van der Waals surface area contributed by atoms with Crippen molar-refractivity contribution in [1.82, 2.24) is 24.7 Å². The second-order valence-electron chi connectivity index (χ2n) is 4.86. The second kappa shape index (κ2) is 6.10. The van der Waals surface area contributed by atoms with Crippen LogP contribution in [0.1, 0.15) is 35.6 Å². The lowest BCUT2D eigenvalue weighted by molar-refractivity contribution is -0.142. The van der Waals surface area contributed by atoms with Gasteiger partial charge in [0.1, 0.15) is 6.54 Å². The first-order valence-electron chi connectivity index (χ1n) is 6.38. The molecule has 9 heteroatoms. The molecule has 1 N–H and O–H groups in total. The third-order valence-electron chi connectivity index (χ3n) is 3.19. The van der Waals surface area contributed by atoms with Crippen LogP contribution in [0.15, 0.2) is 5.38 Å². The predicted octanol–water partition coefficient (Wildman–Crippen LogP) is 2.76. The molecule has 0 aliphatic rings. The van der Waals surface area contributed by atoms with Crippen LogP contribution in [0.2, 0.25) is 0 Å². The molecule has 0 radical (unpaired) electrons. The molecule has 0 bridgehead atoms. The van der Waals surface area contributed by atoms with Crippen LogP contribution in [0.5, 0.6) is 0 Å². The van der Waals surface area contributed by atoms with Crippen molar-refractivity contribution in [3.63, 3.8) is 0 Å². The Labute approximate surface area is 124 Å². The molecule has 0 spiro atoms. The minimum atomic E-state index is -4.27. The van der Waals surface area contributed by atoms with Gasteiger partial charge in [0.25, 0.3) is 0 Å². The first-order valence-corrected chi connectivity index (χ1v) is 7.21. The van der Waals surface area contributed by atoms with Crippen LogP contribution < -0.4 is 5.32 Å². The van der Waals surface area contributed by atoms with E-state index in [1.807, 2.05) is 12.3 Å². The highest BCUT2D eigenvalue weighted by molar-refractivity contribution is 7.03. The highest BCUT2D eigenvalue weighted by atomic mass is 32.1. The zero-order valence-corrected chi connectivity index (χ0v) is 12.7. The largest absolute Gasteiger partial charge is 0.408 e. The van der Waals surface area contributed by atoms with Gasteiger partial charge in [-0.1, -0.05) is 4.49 Å². The van der Waals surface area contributed by atoms with Gasteiger partial charge in [-0.3, -0.25) is 4.68 Å². The van der Waals surface area contributed by atoms with E-state index < -0.39 is 12.7 Å². The van der Waals surface area contributed by atoms with Crippen LogP contribution in [0.4, 0.5) is 13.2 Å². The Morgan fingerprint density at radius 2 is 2.10 bits per heavy atom. The molecule has 5 nitrogen and oxygen atoms in total. The van der Waals surface area contributed by atoms with E-state index in [-0.39, 0.29) is 6.04 Å². The van der Waals surface area contributed by atoms with Gasteiger partial charge in [0.05, 0.1) is 11.4 Å². The summed E-state index contributed by atoms with van der Waals surface area (Å²) in [5.74, 6) is 0. The fourth-order valence-electron chi connectivity index (χ4n) is 2.28. The number of aromatic nitrogens is 4. The molecule has 0 aliphatic carbocycles. The van der Waals surface area contributed by atoms with Crippen molar-refractivity contribution in [2.75, 3.05) is 0 Å². The average Bonchev–Trinajstić information content (AvgIpc) is 2.94. The lowest BCUT2D eigenvalue weighted by Gasteiger charge is -2.14. The van der Waals surface area contributed by atoms with Gasteiger partial charge in [0, 0.05) is 29.2 Å². The normalized spacial score (nSPS) is 13.6. The van der Waals surface area contributed by atoms with Gasteiger partial charge in [-0.2, -0.15) is 18.3 Å². The Morgan fingerprint density at radius 3 is 2.67 bits per heavy atom. The monoisotopic (exact) mass is 319 g/mol. The number of nitrogens with zero attached hydrogens (tertiary/aromatic N) is 4. The highest BCUT2D eigenvalue weighted by Gasteiger charge is 2.30. The lowest BCUT2D eigenvalue weighted by atomic mass is 10.1. The van der Waals surface area contributed by atoms with Crippen LogP contribution in [0.3, 0.4) is 0 Å². The second-order valence-corrected chi connectivity index (χ2v) is 5.47. The first-order chi connectivity index (χ1) is 9.78. The van der Waals surface area contributed by atoms with E-state index in [4.69, 9.17) is 0 Å². The SMILES string of the molecule is Cc1nn(CC(F)(F)F)c(C)c1[C@@H](C)NCc1csnn1. The van der Waals surface area contributed by atoms with Crippen LogP contribution in [0.25, 0.3) is 0 Å². The van der Waals surface area contributed by atoms with Gasteiger partial charge < -0.3 is 5.32 Å². The summed E-state index contributed by atoms with van der Waals surface area (Å²) in [5.41, 5.74) is 2.74. The average molecular weight is 319 g/mol. The Morgan fingerprint density at radius 1 is 1.38 bits per heavy atom. The molecule has 116 valence electrons. The Kier molecular flexibility index (Phi) is 4.62. The summed E-state index contributed by atoms with van der Waals surface area (Å²) >= 11 is 1.26. The Bertz CT molecular complexity index is 591. The quantitative estimate of drug-likeness (QED) is 0.921. The molecule has 0 fully saturated rings. The summed E-state index contributed by atoms with van der Waals surface area (Å²) in [5, 5.41) is 13.0. The first kappa shape index (κ1) is 15.9. The maximum absolute atomic E-state index is 12.5. The number of alkyl halides is 3. The van der Waals surface area contributed by atoms with Crippen molar-refractivity contribution in [2.24, 2.45) is 0 Å². The van der Waals surface area contributed by atoms with Gasteiger partial charge in [-0.15, -0.1) is 5.10 Å². The summed E-state index contributed by atoms with van der Waals surface area (Å²) in [6.45, 7) is 4.72. The van der Waals surface area contributed by atoms with Gasteiger partial charge in [0.2, 0.25) is 0 Å². The van der Waals surface area contributed by atoms with Crippen molar-refractivity contribution in [2.45, 2.75) is 46.1 Å². The van der Waals surface area contributed by atoms with E-state index in [9.17, 15) is 13.2 Å². The molecular weight excluding hydrogens is 303 g/mol. The number of hydrogen-bond donors (Lipinski definition) is 1. The number of nitrogens with one attached hydrogen (secondary N) is 1. The fourth-order valence-corrected chi connectivity index (χ4v) is 2.73. The van der Waals surface area contributed by atoms with Crippen molar-refractivity contribution in [3.8, 4) is 0 Å². The molecule has 2 aromatic rings. The van der Waals surface area contributed by atoms with Gasteiger partial charge in [0.15, 0.2) is 0 Å². The molecule has 21 heavy (non-hydrogen) atoms. The predicted molar refractivity (Wildman–Crippen MR) is 72.9 cm³/mol. The van der Waals surface area contributed by atoms with Crippen molar-refractivity contribution >= 4 is 11.5 Å². The van der Waals surface area contributed by atoms with E-state index in [0.29, 0.717) is 17.9 Å². The van der Waals surface area contributed by atoms with E-state index >= 15 is 0 Å². The summed E-state index contributed by atoms with van der Waals surface area (Å²) < 4.78 is 42.3. The summed E-state index contributed by atoms with van der Waals surface area (Å²) in [6, 6.07) is -0.117. The van der Waals surface area contributed by atoms with Crippen LogP contribution in [-0.4, -0.2) is 25.5 Å². The molecule has 0 amide bonds. The molecular formula is C12H16F3N5S. The molecule has 0 unspecified atom stereocenters. The number of aryl methyl sites for hydroxylation is 1. The van der Waals surface area contributed by atoms with Crippen molar-refractivity contribution in [3.05, 3.63) is 28.0 Å². The van der Waals surface area contributed by atoms with Crippen LogP contribution in [-0.2, 0) is 13.1 Å². The maximum Gasteiger partial charge on any atom is 0.408 e. The number of halogens is 3. The van der Waals surface area contributed by atoms with E-state index in [2.05, 4.69) is 20.0 Å². The van der Waals surface area contributed by atoms with Gasteiger partial charge in [-0.05, 0) is 32.3 Å². The third kappa shape index (κ3) is 4.01. The molecule has 0 aromatic carbocycles. The topological polar surface area (TPSA) is 55.6 Å². The van der Waals surface area contributed by atoms with Crippen molar-refractivity contribution in [1.29, 1.82) is 0 Å². The molecule has 0 aliphatic heterocycles. The minimum Gasteiger partial charge on any atom is -0.304 e. The smallest absolute Gasteiger partial charge is 0.304 e.